The van der Waals surface area contributed by atoms with E-state index in [0.717, 1.165) is 6.26 Å². The fourth-order valence-electron chi connectivity index (χ4n) is 1.70. The van der Waals surface area contributed by atoms with E-state index in [-0.39, 0.29) is 24.3 Å². The fourth-order valence-corrected chi connectivity index (χ4v) is 2.18. The van der Waals surface area contributed by atoms with E-state index in [2.05, 4.69) is 10.0 Å². The van der Waals surface area contributed by atoms with Gasteiger partial charge < -0.3 is 10.2 Å². The van der Waals surface area contributed by atoms with Crippen molar-refractivity contribution in [1.29, 1.82) is 0 Å². The molecule has 0 heterocycles. The Morgan fingerprint density at radius 2 is 1.95 bits per heavy atom. The molecule has 10 heteroatoms. The van der Waals surface area contributed by atoms with Gasteiger partial charge in [0, 0.05) is 38.8 Å². The number of nitro benzene ring substituents is 1. The van der Waals surface area contributed by atoms with Crippen LogP contribution in [0.2, 0.25) is 0 Å². The van der Waals surface area contributed by atoms with Crippen molar-refractivity contribution in [2.24, 2.45) is 0 Å². The van der Waals surface area contributed by atoms with Crippen molar-refractivity contribution >= 4 is 27.3 Å². The first kappa shape index (κ1) is 17.9. The van der Waals surface area contributed by atoms with Crippen LogP contribution < -0.4 is 14.9 Å². The predicted molar refractivity (Wildman–Crippen MR) is 82.6 cm³/mol. The number of anilines is 1. The van der Waals surface area contributed by atoms with Crippen LogP contribution in [0.1, 0.15) is 10.4 Å². The zero-order chi connectivity index (χ0) is 16.9. The van der Waals surface area contributed by atoms with E-state index in [1.165, 1.54) is 18.2 Å². The van der Waals surface area contributed by atoms with Crippen LogP contribution >= 0.6 is 0 Å². The van der Waals surface area contributed by atoms with Crippen molar-refractivity contribution in [3.63, 3.8) is 0 Å². The van der Waals surface area contributed by atoms with Crippen molar-refractivity contribution in [1.82, 2.24) is 10.0 Å². The number of rotatable bonds is 7. The fraction of sp³-hybridized carbons (Fsp3) is 0.417. The lowest BCUT2D eigenvalue weighted by molar-refractivity contribution is -0.384. The van der Waals surface area contributed by atoms with Crippen molar-refractivity contribution in [3.8, 4) is 0 Å². The van der Waals surface area contributed by atoms with Crippen LogP contribution in [-0.2, 0) is 10.0 Å². The molecular formula is C12H18N4O5S. The maximum atomic E-state index is 11.9. The molecule has 0 aliphatic heterocycles. The third kappa shape index (κ3) is 5.30. The highest BCUT2D eigenvalue weighted by Crippen LogP contribution is 2.27. The quantitative estimate of drug-likeness (QED) is 0.410. The highest BCUT2D eigenvalue weighted by atomic mass is 32.2. The SMILES string of the molecule is CN(C)c1ccc(C(=O)NCCNS(C)(=O)=O)cc1[N+](=O)[O-]. The number of nitrogens with zero attached hydrogens (tertiary/aromatic N) is 2. The van der Waals surface area contributed by atoms with Gasteiger partial charge in [0.05, 0.1) is 11.2 Å². The molecule has 0 aromatic heterocycles. The number of amides is 1. The second kappa shape index (κ2) is 7.18. The minimum absolute atomic E-state index is 0.0441. The Bertz CT molecular complexity index is 672. The zero-order valence-corrected chi connectivity index (χ0v) is 13.3. The molecular weight excluding hydrogens is 312 g/mol. The van der Waals surface area contributed by atoms with E-state index in [1.807, 2.05) is 0 Å². The molecule has 0 saturated heterocycles. The molecule has 0 radical (unpaired) electrons. The number of nitrogens with one attached hydrogen (secondary N) is 2. The third-order valence-corrected chi connectivity index (χ3v) is 3.42. The summed E-state index contributed by atoms with van der Waals surface area (Å²) in [6.07, 6.45) is 1.01. The number of nitro groups is 1. The lowest BCUT2D eigenvalue weighted by atomic mass is 10.1. The van der Waals surface area contributed by atoms with Gasteiger partial charge in [0.25, 0.3) is 11.6 Å². The lowest BCUT2D eigenvalue weighted by Crippen LogP contribution is -2.34. The Morgan fingerprint density at radius 1 is 1.32 bits per heavy atom. The summed E-state index contributed by atoms with van der Waals surface area (Å²) in [7, 11) is 0.0153. The highest BCUT2D eigenvalue weighted by Gasteiger charge is 2.18. The summed E-state index contributed by atoms with van der Waals surface area (Å²) in [5, 5.41) is 13.5. The minimum Gasteiger partial charge on any atom is -0.372 e. The molecule has 2 N–H and O–H groups in total. The standard InChI is InChI=1S/C12H18N4O5S/c1-15(2)10-5-4-9(8-11(10)16(18)19)12(17)13-6-7-14-22(3,20)21/h4-5,8,14H,6-7H2,1-3H3,(H,13,17). The Morgan fingerprint density at radius 3 is 2.45 bits per heavy atom. The van der Waals surface area contributed by atoms with Gasteiger partial charge in [-0.05, 0) is 12.1 Å². The van der Waals surface area contributed by atoms with Gasteiger partial charge in [-0.1, -0.05) is 0 Å². The van der Waals surface area contributed by atoms with E-state index in [9.17, 15) is 23.3 Å². The van der Waals surface area contributed by atoms with Crippen LogP contribution in [0.15, 0.2) is 18.2 Å². The van der Waals surface area contributed by atoms with Crippen molar-refractivity contribution in [2.45, 2.75) is 0 Å². The van der Waals surface area contributed by atoms with E-state index in [0.29, 0.717) is 5.69 Å². The summed E-state index contributed by atoms with van der Waals surface area (Å²) < 4.78 is 24.0. The monoisotopic (exact) mass is 330 g/mol. The summed E-state index contributed by atoms with van der Waals surface area (Å²) in [6.45, 7) is 0.123. The van der Waals surface area contributed by atoms with Crippen molar-refractivity contribution < 1.29 is 18.1 Å². The zero-order valence-electron chi connectivity index (χ0n) is 12.5. The highest BCUT2D eigenvalue weighted by molar-refractivity contribution is 7.88. The van der Waals surface area contributed by atoms with Crippen LogP contribution in [0, 0.1) is 10.1 Å². The number of hydrogen-bond donors (Lipinski definition) is 2. The third-order valence-electron chi connectivity index (χ3n) is 2.69. The molecule has 0 atom stereocenters. The smallest absolute Gasteiger partial charge is 0.293 e. The molecule has 0 bridgehead atoms. The summed E-state index contributed by atoms with van der Waals surface area (Å²) in [6, 6.07) is 4.15. The number of benzene rings is 1. The molecule has 1 aromatic carbocycles. The lowest BCUT2D eigenvalue weighted by Gasteiger charge is -2.13. The molecule has 0 fully saturated rings. The molecule has 1 amide bonds. The number of sulfonamides is 1. The molecule has 122 valence electrons. The molecule has 0 unspecified atom stereocenters. The van der Waals surface area contributed by atoms with Gasteiger partial charge in [-0.25, -0.2) is 13.1 Å². The summed E-state index contributed by atoms with van der Waals surface area (Å²) in [5.74, 6) is -0.510. The summed E-state index contributed by atoms with van der Waals surface area (Å²) >= 11 is 0. The van der Waals surface area contributed by atoms with Crippen LogP contribution in [0.5, 0.6) is 0 Å². The second-order valence-electron chi connectivity index (χ2n) is 4.78. The maximum Gasteiger partial charge on any atom is 0.293 e. The summed E-state index contributed by atoms with van der Waals surface area (Å²) in [4.78, 5) is 24.0. The van der Waals surface area contributed by atoms with Crippen LogP contribution in [-0.4, -0.2) is 52.7 Å². The van der Waals surface area contributed by atoms with Gasteiger partial charge >= 0.3 is 0 Å². The second-order valence-corrected chi connectivity index (χ2v) is 6.61. The first-order valence-corrected chi connectivity index (χ1v) is 8.19. The van der Waals surface area contributed by atoms with Gasteiger partial charge in [-0.2, -0.15) is 0 Å². The van der Waals surface area contributed by atoms with Crippen molar-refractivity contribution in [2.75, 3.05) is 38.3 Å². The van der Waals surface area contributed by atoms with Crippen LogP contribution in [0.25, 0.3) is 0 Å². The molecule has 0 saturated carbocycles. The molecule has 9 nitrogen and oxygen atoms in total. The van der Waals surface area contributed by atoms with Crippen molar-refractivity contribution in [3.05, 3.63) is 33.9 Å². The Balaban J connectivity index is 2.78. The normalized spacial score (nSPS) is 11.0. The van der Waals surface area contributed by atoms with Crippen LogP contribution in [0.4, 0.5) is 11.4 Å². The molecule has 1 rings (SSSR count). The van der Waals surface area contributed by atoms with Gasteiger partial charge in [0.2, 0.25) is 10.0 Å². The van der Waals surface area contributed by atoms with E-state index in [4.69, 9.17) is 0 Å². The largest absolute Gasteiger partial charge is 0.372 e. The van der Waals surface area contributed by atoms with Crippen LogP contribution in [0.3, 0.4) is 0 Å². The number of carbonyl (C=O) groups excluding carboxylic acids is 1. The Labute approximate surface area is 128 Å². The predicted octanol–water partition coefficient (Wildman–Crippen LogP) is -0.0602. The Kier molecular flexibility index (Phi) is 5.83. The van der Waals surface area contributed by atoms with Gasteiger partial charge in [0.15, 0.2) is 0 Å². The molecule has 0 aliphatic rings. The first-order chi connectivity index (χ1) is 10.1. The van der Waals surface area contributed by atoms with E-state index < -0.39 is 20.9 Å². The van der Waals surface area contributed by atoms with E-state index >= 15 is 0 Å². The topological polar surface area (TPSA) is 122 Å². The van der Waals surface area contributed by atoms with Gasteiger partial charge in [0.1, 0.15) is 5.69 Å². The molecule has 0 aliphatic carbocycles. The number of carbonyl (C=O) groups is 1. The Hall–Kier alpha value is -2.20. The summed E-state index contributed by atoms with van der Waals surface area (Å²) in [5.41, 5.74) is 0.351. The minimum atomic E-state index is -3.32. The average molecular weight is 330 g/mol. The molecule has 1 aromatic rings. The van der Waals surface area contributed by atoms with E-state index in [1.54, 1.807) is 19.0 Å². The van der Waals surface area contributed by atoms with Gasteiger partial charge in [-0.3, -0.25) is 14.9 Å². The maximum absolute atomic E-state index is 11.9. The molecule has 22 heavy (non-hydrogen) atoms. The first-order valence-electron chi connectivity index (χ1n) is 6.30. The average Bonchev–Trinajstić information content (AvgIpc) is 2.41. The molecule has 0 spiro atoms. The number of hydrogen-bond acceptors (Lipinski definition) is 6. The van der Waals surface area contributed by atoms with Gasteiger partial charge in [-0.15, -0.1) is 0 Å².